The zero-order valence-corrected chi connectivity index (χ0v) is 39.9. The van der Waals surface area contributed by atoms with Gasteiger partial charge in [-0.25, -0.2) is 33.8 Å². The van der Waals surface area contributed by atoms with Crippen LogP contribution in [0.25, 0.3) is 0 Å². The number of carbonyl (C=O) groups excluding carboxylic acids is 5. The number of nitrogens with zero attached hydrogens (tertiary/aromatic N) is 4. The van der Waals surface area contributed by atoms with Crippen LogP contribution in [0.15, 0.2) is 34.3 Å². The Bertz CT molecular complexity index is 1630. The van der Waals surface area contributed by atoms with Crippen molar-refractivity contribution < 1.29 is 52.4 Å². The zero-order chi connectivity index (χ0) is 47.5. The number of nitrogens with one attached hydrogen (secondary N) is 2. The molecule has 352 valence electrons. The van der Waals surface area contributed by atoms with Crippen LogP contribution >= 0.6 is 0 Å². The predicted molar refractivity (Wildman–Crippen MR) is 239 cm³/mol. The van der Waals surface area contributed by atoms with E-state index in [1.807, 2.05) is 0 Å². The number of hydrogen-bond donors (Lipinski definition) is 3. The molecule has 5 amide bonds. The number of anilines is 1. The molecule has 0 spiro atoms. The molecule has 0 aromatic heterocycles. The molecule has 0 radical (unpaired) electrons. The summed E-state index contributed by atoms with van der Waals surface area (Å²) in [6.45, 7) is 26.1. The molecule has 0 atom stereocenters. The number of unbranched alkanes of at least 4 members (excludes halogenated alkanes) is 5. The van der Waals surface area contributed by atoms with Crippen LogP contribution in [0.3, 0.4) is 0 Å². The fourth-order valence-corrected chi connectivity index (χ4v) is 4.98. The number of benzene rings is 1. The van der Waals surface area contributed by atoms with Crippen LogP contribution in [0, 0.1) is 0 Å². The van der Waals surface area contributed by atoms with Gasteiger partial charge in [0.05, 0.1) is 6.61 Å². The van der Waals surface area contributed by atoms with Crippen molar-refractivity contribution in [1.29, 1.82) is 0 Å². The Morgan fingerprint density at radius 2 is 0.952 bits per heavy atom. The Kier molecular flexibility index (Phi) is 21.5. The summed E-state index contributed by atoms with van der Waals surface area (Å²) in [5.74, 6) is 0.183. The summed E-state index contributed by atoms with van der Waals surface area (Å²) in [7, 11) is 0. The molecule has 62 heavy (non-hydrogen) atoms. The molecule has 4 N–H and O–H groups in total. The third kappa shape index (κ3) is 26.8. The van der Waals surface area contributed by atoms with Gasteiger partial charge in [-0.1, -0.05) is 25.7 Å². The standard InChI is InChI=1S/C44H75N7O11/c1-40(2,3)58-35(52)47-33(48-36(53)59-41(4,5)6)46-27-20-18-16-17-19-21-28-50(38(55)61-43(10,11)12)34(49-37(54)60-42(7,8)9)51(39(56)62-44(13,14)15)29-22-30-57-32-25-23-31(45)24-26-32/h23-26H,16-22,27-30,45H2,1-15H3,(H2,46,47,48,52,53). The van der Waals surface area contributed by atoms with E-state index in [2.05, 4.69) is 20.6 Å². The van der Waals surface area contributed by atoms with Crippen molar-refractivity contribution in [2.24, 2.45) is 9.98 Å². The summed E-state index contributed by atoms with van der Waals surface area (Å²) in [4.78, 5) is 76.9. The number of hydrogen-bond acceptors (Lipinski definition) is 13. The third-order valence-electron chi connectivity index (χ3n) is 7.27. The molecule has 0 fully saturated rings. The van der Waals surface area contributed by atoms with E-state index in [1.54, 1.807) is 128 Å². The Balaban J connectivity index is 3.25. The normalized spacial score (nSPS) is 12.3. The molecule has 0 heterocycles. The molecule has 0 aliphatic heterocycles. The second kappa shape index (κ2) is 24.4. The fourth-order valence-electron chi connectivity index (χ4n) is 4.98. The quantitative estimate of drug-likeness (QED) is 0.0523. The van der Waals surface area contributed by atoms with Gasteiger partial charge >= 0.3 is 30.5 Å². The minimum absolute atomic E-state index is 0.0398. The van der Waals surface area contributed by atoms with Crippen LogP contribution in [-0.4, -0.2) is 106 Å². The minimum atomic E-state index is -1.01. The first-order valence-electron chi connectivity index (χ1n) is 21.2. The van der Waals surface area contributed by atoms with Crippen LogP contribution in [0.1, 0.15) is 149 Å². The summed E-state index contributed by atoms with van der Waals surface area (Å²) in [5.41, 5.74) is 2.08. The van der Waals surface area contributed by atoms with Crippen LogP contribution < -0.4 is 21.1 Å². The number of carbonyl (C=O) groups is 5. The molecular formula is C44H75N7O11. The van der Waals surface area contributed by atoms with Gasteiger partial charge in [0.15, 0.2) is 0 Å². The van der Waals surface area contributed by atoms with Gasteiger partial charge in [0.25, 0.3) is 0 Å². The smallest absolute Gasteiger partial charge is 0.437 e. The predicted octanol–water partition coefficient (Wildman–Crippen LogP) is 9.55. The van der Waals surface area contributed by atoms with Crippen LogP contribution in [0.5, 0.6) is 5.75 Å². The molecule has 1 aromatic rings. The number of ether oxygens (including phenoxy) is 6. The highest BCUT2D eigenvalue weighted by atomic mass is 16.6. The Morgan fingerprint density at radius 1 is 0.548 bits per heavy atom. The lowest BCUT2D eigenvalue weighted by atomic mass is 10.1. The number of guanidine groups is 2. The van der Waals surface area contributed by atoms with Crippen molar-refractivity contribution in [3.05, 3.63) is 24.3 Å². The van der Waals surface area contributed by atoms with Gasteiger partial charge < -0.3 is 34.2 Å². The number of nitrogens with two attached hydrogens (primary N) is 1. The average molecular weight is 878 g/mol. The first-order valence-corrected chi connectivity index (χ1v) is 21.2. The van der Waals surface area contributed by atoms with E-state index >= 15 is 0 Å². The monoisotopic (exact) mass is 878 g/mol. The number of aliphatic imine (C=N–C) groups is 2. The second-order valence-electron chi connectivity index (χ2n) is 19.5. The van der Waals surface area contributed by atoms with Crippen LogP contribution in [0.4, 0.5) is 29.7 Å². The highest BCUT2D eigenvalue weighted by Crippen LogP contribution is 2.20. The SMILES string of the molecule is CC(C)(C)OC(=O)N=C(N(CCCCCCCCN=C(NC(=O)OC(C)(C)C)NC(=O)OC(C)(C)C)C(=O)OC(C)(C)C)N(CCCOc1ccc(N)cc1)C(=O)OC(C)(C)C. The first kappa shape index (κ1) is 54.7. The lowest BCUT2D eigenvalue weighted by Crippen LogP contribution is -2.53. The Hall–Kier alpha value is -5.29. The van der Waals surface area contributed by atoms with Gasteiger partial charge in [-0.05, 0) is 147 Å². The Morgan fingerprint density at radius 3 is 1.39 bits per heavy atom. The van der Waals surface area contributed by atoms with Crippen molar-refractivity contribution >= 4 is 48.1 Å². The largest absolute Gasteiger partial charge is 0.494 e. The summed E-state index contributed by atoms with van der Waals surface area (Å²) in [5, 5.41) is 4.95. The summed E-state index contributed by atoms with van der Waals surface area (Å²) in [6, 6.07) is 6.87. The maximum absolute atomic E-state index is 14.0. The molecule has 0 aliphatic rings. The number of nitrogen functional groups attached to an aromatic ring is 1. The molecule has 1 rings (SSSR count). The van der Waals surface area contributed by atoms with Gasteiger partial charge in [0, 0.05) is 25.3 Å². The third-order valence-corrected chi connectivity index (χ3v) is 7.27. The topological polar surface area (TPSA) is 222 Å². The molecule has 0 bridgehead atoms. The maximum atomic E-state index is 14.0. The molecule has 1 aromatic carbocycles. The van der Waals surface area contributed by atoms with Gasteiger partial charge in [-0.3, -0.25) is 15.6 Å². The van der Waals surface area contributed by atoms with E-state index in [1.165, 1.54) is 4.90 Å². The highest BCUT2D eigenvalue weighted by Gasteiger charge is 2.35. The van der Waals surface area contributed by atoms with Gasteiger partial charge in [0.2, 0.25) is 11.9 Å². The van der Waals surface area contributed by atoms with Crippen molar-refractivity contribution in [3.63, 3.8) is 0 Å². The van der Waals surface area contributed by atoms with Crippen molar-refractivity contribution in [1.82, 2.24) is 20.4 Å². The molecule has 18 nitrogen and oxygen atoms in total. The van der Waals surface area contributed by atoms with E-state index in [9.17, 15) is 24.0 Å². The highest BCUT2D eigenvalue weighted by molar-refractivity contribution is 6.05. The van der Waals surface area contributed by atoms with Crippen LogP contribution in [0.2, 0.25) is 0 Å². The molecule has 0 aliphatic carbocycles. The van der Waals surface area contributed by atoms with Crippen molar-refractivity contribution in [3.8, 4) is 5.75 Å². The van der Waals surface area contributed by atoms with E-state index in [-0.39, 0.29) is 38.0 Å². The van der Waals surface area contributed by atoms with Gasteiger partial charge in [-0.2, -0.15) is 0 Å². The van der Waals surface area contributed by atoms with E-state index in [0.717, 1.165) is 24.2 Å². The first-order chi connectivity index (χ1) is 28.3. The van der Waals surface area contributed by atoms with E-state index < -0.39 is 58.5 Å². The molecular weight excluding hydrogens is 803 g/mol. The lowest BCUT2D eigenvalue weighted by molar-refractivity contribution is 0.0268. The summed E-state index contributed by atoms with van der Waals surface area (Å²) < 4.78 is 33.5. The number of amides is 5. The number of rotatable bonds is 14. The zero-order valence-electron chi connectivity index (χ0n) is 39.9. The summed E-state index contributed by atoms with van der Waals surface area (Å²) >= 11 is 0. The molecule has 0 unspecified atom stereocenters. The van der Waals surface area contributed by atoms with Crippen LogP contribution in [-0.2, 0) is 23.7 Å². The van der Waals surface area contributed by atoms with E-state index in [0.29, 0.717) is 37.2 Å². The average Bonchev–Trinajstić information content (AvgIpc) is 3.05. The van der Waals surface area contributed by atoms with Gasteiger partial charge in [-0.15, -0.1) is 4.99 Å². The maximum Gasteiger partial charge on any atom is 0.437 e. The molecule has 0 saturated heterocycles. The number of alkyl carbamates (subject to hydrolysis) is 2. The molecule has 18 heteroatoms. The van der Waals surface area contributed by atoms with E-state index in [4.69, 9.17) is 34.2 Å². The van der Waals surface area contributed by atoms with Crippen molar-refractivity contribution in [2.45, 2.75) is 177 Å². The van der Waals surface area contributed by atoms with Gasteiger partial charge in [0.1, 0.15) is 33.8 Å². The second-order valence-corrected chi connectivity index (χ2v) is 19.5. The molecule has 0 saturated carbocycles. The summed E-state index contributed by atoms with van der Waals surface area (Å²) in [6.07, 6.45) is 0.131. The minimum Gasteiger partial charge on any atom is -0.494 e. The Labute approximate surface area is 369 Å². The lowest BCUT2D eigenvalue weighted by Gasteiger charge is -2.34. The van der Waals surface area contributed by atoms with Crippen molar-refractivity contribution in [2.75, 3.05) is 32.0 Å². The fraction of sp³-hybridized carbons (Fsp3) is 0.705.